The third-order valence-corrected chi connectivity index (χ3v) is 4.09. The molecular weight excluding hydrogens is 284 g/mol. The highest BCUT2D eigenvalue weighted by Crippen LogP contribution is 2.28. The molecule has 0 spiro atoms. The second-order valence-electron chi connectivity index (χ2n) is 7.55. The van der Waals surface area contributed by atoms with E-state index in [0.29, 0.717) is 5.56 Å². The zero-order valence-corrected chi connectivity index (χ0v) is 14.9. The summed E-state index contributed by atoms with van der Waals surface area (Å²) in [6, 6.07) is 15.6. The summed E-state index contributed by atoms with van der Waals surface area (Å²) in [5.74, 6) is -0.289. The van der Waals surface area contributed by atoms with Crippen LogP contribution < -0.4 is 0 Å². The Kier molecular flexibility index (Phi) is 4.65. The van der Waals surface area contributed by atoms with Crippen LogP contribution in [0.15, 0.2) is 48.5 Å². The molecule has 23 heavy (non-hydrogen) atoms. The molecule has 0 heterocycles. The molecule has 0 amide bonds. The number of hydrogen-bond donors (Lipinski definition) is 0. The number of benzene rings is 2. The Hall–Kier alpha value is -2.09. The maximum absolute atomic E-state index is 12.5. The first-order valence-corrected chi connectivity index (χ1v) is 8.01. The molecule has 2 nitrogen and oxygen atoms in total. The van der Waals surface area contributed by atoms with Gasteiger partial charge in [-0.2, -0.15) is 0 Å². The topological polar surface area (TPSA) is 26.3 Å². The molecule has 2 heteroatoms. The Labute approximate surface area is 139 Å². The highest BCUT2D eigenvalue weighted by molar-refractivity contribution is 5.90. The summed E-state index contributed by atoms with van der Waals surface area (Å²) in [4.78, 5) is 12.5. The third-order valence-electron chi connectivity index (χ3n) is 4.09. The molecule has 0 saturated carbocycles. The van der Waals surface area contributed by atoms with Crippen molar-refractivity contribution >= 4 is 5.97 Å². The average Bonchev–Trinajstić information content (AvgIpc) is 2.46. The Morgan fingerprint density at radius 2 is 1.52 bits per heavy atom. The van der Waals surface area contributed by atoms with Crippen LogP contribution in [0.25, 0.3) is 0 Å². The first kappa shape index (κ1) is 17.3. The predicted molar refractivity (Wildman–Crippen MR) is 94.8 cm³/mol. The smallest absolute Gasteiger partial charge is 0.339 e. The van der Waals surface area contributed by atoms with Crippen LogP contribution in [0.1, 0.15) is 61.7 Å². The molecule has 0 radical (unpaired) electrons. The van der Waals surface area contributed by atoms with Crippen molar-refractivity contribution in [1.82, 2.24) is 0 Å². The van der Waals surface area contributed by atoms with Gasteiger partial charge in [-0.25, -0.2) is 4.79 Å². The van der Waals surface area contributed by atoms with E-state index < -0.39 is 5.60 Å². The van der Waals surface area contributed by atoms with Gasteiger partial charge in [0.25, 0.3) is 0 Å². The molecule has 0 aliphatic carbocycles. The second kappa shape index (κ2) is 6.19. The molecule has 0 unspecified atom stereocenters. The summed E-state index contributed by atoms with van der Waals surface area (Å²) in [5.41, 5.74) is 3.35. The SMILES string of the molecule is Cc1cc(C(=O)OC(C)(C)c2ccccc2)ccc1C(C)(C)C. The average molecular weight is 310 g/mol. The van der Waals surface area contributed by atoms with Crippen LogP contribution in [0, 0.1) is 6.92 Å². The van der Waals surface area contributed by atoms with Crippen LogP contribution in [0.2, 0.25) is 0 Å². The van der Waals surface area contributed by atoms with Gasteiger partial charge in [-0.1, -0.05) is 57.2 Å². The summed E-state index contributed by atoms with van der Waals surface area (Å²) in [6.07, 6.45) is 0. The zero-order valence-electron chi connectivity index (χ0n) is 14.9. The molecule has 2 rings (SSSR count). The Balaban J connectivity index is 2.23. The molecule has 0 bridgehead atoms. The van der Waals surface area contributed by atoms with E-state index >= 15 is 0 Å². The summed E-state index contributed by atoms with van der Waals surface area (Å²) >= 11 is 0. The lowest BCUT2D eigenvalue weighted by atomic mass is 9.83. The maximum atomic E-state index is 12.5. The molecule has 0 saturated heterocycles. The van der Waals surface area contributed by atoms with Gasteiger partial charge in [0.15, 0.2) is 0 Å². The predicted octanol–water partition coefficient (Wildman–Crippen LogP) is 5.38. The zero-order chi connectivity index (χ0) is 17.3. The van der Waals surface area contributed by atoms with Crippen molar-refractivity contribution in [3.63, 3.8) is 0 Å². The quantitative estimate of drug-likeness (QED) is 0.711. The standard InChI is InChI=1S/C21H26O2/c1-15-14-16(12-13-18(15)20(2,3)4)19(22)23-21(5,6)17-10-8-7-9-11-17/h7-14H,1-6H3. The van der Waals surface area contributed by atoms with Gasteiger partial charge >= 0.3 is 5.97 Å². The summed E-state index contributed by atoms with van der Waals surface area (Å²) in [7, 11) is 0. The first-order valence-electron chi connectivity index (χ1n) is 8.01. The van der Waals surface area contributed by atoms with Gasteiger partial charge in [-0.3, -0.25) is 0 Å². The summed E-state index contributed by atoms with van der Waals surface area (Å²) < 4.78 is 5.75. The van der Waals surface area contributed by atoms with Gasteiger partial charge in [0.2, 0.25) is 0 Å². The Morgan fingerprint density at radius 3 is 2.04 bits per heavy atom. The van der Waals surface area contributed by atoms with Crippen molar-refractivity contribution in [1.29, 1.82) is 0 Å². The lowest BCUT2D eigenvalue weighted by Gasteiger charge is -2.26. The van der Waals surface area contributed by atoms with Crippen LogP contribution in [-0.2, 0) is 15.8 Å². The van der Waals surface area contributed by atoms with E-state index in [4.69, 9.17) is 4.74 Å². The van der Waals surface area contributed by atoms with Gasteiger partial charge in [-0.05, 0) is 55.0 Å². The molecule has 0 aliphatic rings. The third kappa shape index (κ3) is 4.01. The van der Waals surface area contributed by atoms with Crippen LogP contribution in [0.5, 0.6) is 0 Å². The molecule has 0 aliphatic heterocycles. The van der Waals surface area contributed by atoms with Gasteiger partial charge < -0.3 is 4.74 Å². The van der Waals surface area contributed by atoms with Crippen molar-refractivity contribution in [2.75, 3.05) is 0 Å². The first-order chi connectivity index (χ1) is 10.6. The van der Waals surface area contributed by atoms with Crippen molar-refractivity contribution in [3.05, 3.63) is 70.8 Å². The van der Waals surface area contributed by atoms with E-state index in [0.717, 1.165) is 11.1 Å². The van der Waals surface area contributed by atoms with Gasteiger partial charge in [0.05, 0.1) is 5.56 Å². The van der Waals surface area contributed by atoms with E-state index in [1.807, 2.05) is 69.3 Å². The van der Waals surface area contributed by atoms with Crippen LogP contribution >= 0.6 is 0 Å². The second-order valence-corrected chi connectivity index (χ2v) is 7.55. The highest BCUT2D eigenvalue weighted by atomic mass is 16.6. The van der Waals surface area contributed by atoms with Gasteiger partial charge in [0.1, 0.15) is 5.60 Å². The normalized spacial score (nSPS) is 12.1. The fraction of sp³-hybridized carbons (Fsp3) is 0.381. The lowest BCUT2D eigenvalue weighted by Crippen LogP contribution is -2.25. The minimum Gasteiger partial charge on any atom is -0.451 e. The number of aryl methyl sites for hydroxylation is 1. The van der Waals surface area contributed by atoms with Gasteiger partial charge in [-0.15, -0.1) is 0 Å². The molecule has 2 aromatic rings. The molecule has 0 aromatic heterocycles. The minimum absolute atomic E-state index is 0.0653. The van der Waals surface area contributed by atoms with E-state index in [-0.39, 0.29) is 11.4 Å². The summed E-state index contributed by atoms with van der Waals surface area (Å²) in [5, 5.41) is 0. The fourth-order valence-corrected chi connectivity index (χ4v) is 2.82. The molecule has 122 valence electrons. The van der Waals surface area contributed by atoms with Gasteiger partial charge in [0, 0.05) is 0 Å². The summed E-state index contributed by atoms with van der Waals surface area (Å²) in [6.45, 7) is 12.4. The molecule has 0 atom stereocenters. The monoisotopic (exact) mass is 310 g/mol. The number of esters is 1. The van der Waals surface area contributed by atoms with Crippen molar-refractivity contribution in [2.45, 2.75) is 52.6 Å². The van der Waals surface area contributed by atoms with Crippen LogP contribution in [0.3, 0.4) is 0 Å². The largest absolute Gasteiger partial charge is 0.451 e. The minimum atomic E-state index is -0.658. The van der Waals surface area contributed by atoms with E-state index in [1.54, 1.807) is 0 Å². The fourth-order valence-electron chi connectivity index (χ4n) is 2.82. The highest BCUT2D eigenvalue weighted by Gasteiger charge is 2.26. The Morgan fingerprint density at radius 1 is 0.913 bits per heavy atom. The number of carbonyl (C=O) groups is 1. The molecular formula is C21H26O2. The molecule has 2 aromatic carbocycles. The van der Waals surface area contributed by atoms with Crippen LogP contribution in [0.4, 0.5) is 0 Å². The Bertz CT molecular complexity index is 692. The number of hydrogen-bond acceptors (Lipinski definition) is 2. The van der Waals surface area contributed by atoms with Crippen molar-refractivity contribution in [2.24, 2.45) is 0 Å². The van der Waals surface area contributed by atoms with E-state index in [9.17, 15) is 4.79 Å². The lowest BCUT2D eigenvalue weighted by molar-refractivity contribution is -0.00314. The molecule has 0 N–H and O–H groups in total. The molecule has 0 fully saturated rings. The number of rotatable bonds is 3. The number of carbonyl (C=O) groups excluding carboxylic acids is 1. The van der Waals surface area contributed by atoms with E-state index in [2.05, 4.69) is 20.8 Å². The van der Waals surface area contributed by atoms with Crippen molar-refractivity contribution < 1.29 is 9.53 Å². The van der Waals surface area contributed by atoms with Crippen molar-refractivity contribution in [3.8, 4) is 0 Å². The van der Waals surface area contributed by atoms with E-state index in [1.165, 1.54) is 5.56 Å². The number of ether oxygens (including phenoxy) is 1. The van der Waals surface area contributed by atoms with Crippen LogP contribution in [-0.4, -0.2) is 5.97 Å². The maximum Gasteiger partial charge on any atom is 0.339 e.